The molecular formula is C20H30N2O2. The topological polar surface area (TPSA) is 42.4 Å². The Labute approximate surface area is 145 Å². The number of hydrogen-bond donors (Lipinski definition) is 0. The van der Waals surface area contributed by atoms with Crippen molar-refractivity contribution >= 4 is 5.97 Å². The van der Waals surface area contributed by atoms with Gasteiger partial charge in [0.15, 0.2) is 0 Å². The van der Waals surface area contributed by atoms with Crippen molar-refractivity contribution in [2.24, 2.45) is 11.3 Å². The summed E-state index contributed by atoms with van der Waals surface area (Å²) in [6.45, 7) is 6.67. The van der Waals surface area contributed by atoms with E-state index in [-0.39, 0.29) is 11.4 Å². The van der Waals surface area contributed by atoms with E-state index in [0.29, 0.717) is 12.6 Å². The van der Waals surface area contributed by atoms with Gasteiger partial charge < -0.3 is 9.64 Å². The fourth-order valence-electron chi connectivity index (χ4n) is 4.03. The molecule has 1 aromatic heterocycles. The zero-order valence-electron chi connectivity index (χ0n) is 15.0. The van der Waals surface area contributed by atoms with Crippen molar-refractivity contribution < 1.29 is 9.53 Å². The van der Waals surface area contributed by atoms with Gasteiger partial charge in [0, 0.05) is 18.4 Å². The van der Waals surface area contributed by atoms with E-state index in [0.717, 1.165) is 44.7 Å². The molecular weight excluding hydrogens is 300 g/mol. The smallest absolute Gasteiger partial charge is 0.312 e. The first-order valence-electron chi connectivity index (χ1n) is 9.43. The van der Waals surface area contributed by atoms with Crippen LogP contribution in [0.4, 0.5) is 0 Å². The number of carbonyl (C=O) groups excluding carboxylic acids is 1. The molecule has 4 heteroatoms. The van der Waals surface area contributed by atoms with Gasteiger partial charge in [0.1, 0.15) is 0 Å². The lowest BCUT2D eigenvalue weighted by atomic mass is 9.74. The van der Waals surface area contributed by atoms with Gasteiger partial charge in [-0.15, -0.1) is 0 Å². The van der Waals surface area contributed by atoms with E-state index in [4.69, 9.17) is 4.74 Å². The molecule has 1 saturated carbocycles. The Hall–Kier alpha value is -1.42. The van der Waals surface area contributed by atoms with Crippen molar-refractivity contribution in [3.05, 3.63) is 30.1 Å². The molecule has 1 atom stereocenters. The van der Waals surface area contributed by atoms with E-state index in [9.17, 15) is 4.79 Å². The molecule has 2 aliphatic rings. The minimum Gasteiger partial charge on any atom is -0.466 e. The van der Waals surface area contributed by atoms with Gasteiger partial charge in [-0.1, -0.05) is 18.9 Å². The number of pyridine rings is 1. The van der Waals surface area contributed by atoms with Gasteiger partial charge in [0.2, 0.25) is 0 Å². The summed E-state index contributed by atoms with van der Waals surface area (Å²) in [5, 5.41) is 0. The van der Waals surface area contributed by atoms with Crippen LogP contribution in [0, 0.1) is 11.3 Å². The van der Waals surface area contributed by atoms with E-state index in [2.05, 4.69) is 22.9 Å². The normalized spacial score (nSPS) is 22.1. The maximum absolute atomic E-state index is 12.6. The van der Waals surface area contributed by atoms with Gasteiger partial charge in [-0.05, 0) is 70.2 Å². The third-order valence-corrected chi connectivity index (χ3v) is 5.72. The average Bonchev–Trinajstić information content (AvgIpc) is 3.40. The average molecular weight is 330 g/mol. The van der Waals surface area contributed by atoms with E-state index in [1.807, 2.05) is 25.4 Å². The number of nitrogens with zero attached hydrogens (tertiary/aromatic N) is 2. The van der Waals surface area contributed by atoms with Crippen molar-refractivity contribution in [3.8, 4) is 0 Å². The van der Waals surface area contributed by atoms with E-state index in [1.54, 1.807) is 0 Å². The number of piperidine rings is 1. The summed E-state index contributed by atoms with van der Waals surface area (Å²) in [6, 6.07) is 4.62. The summed E-state index contributed by atoms with van der Waals surface area (Å²) in [4.78, 5) is 19.3. The first kappa shape index (κ1) is 17.4. The highest BCUT2D eigenvalue weighted by atomic mass is 16.5. The quantitative estimate of drug-likeness (QED) is 0.718. The summed E-state index contributed by atoms with van der Waals surface area (Å²) >= 11 is 0. The Bertz CT molecular complexity index is 534. The molecule has 0 amide bonds. The minimum atomic E-state index is -0.221. The van der Waals surface area contributed by atoms with Gasteiger partial charge in [-0.3, -0.25) is 9.78 Å². The number of carbonyl (C=O) groups is 1. The molecule has 24 heavy (non-hydrogen) atoms. The number of aromatic nitrogens is 1. The van der Waals surface area contributed by atoms with E-state index < -0.39 is 0 Å². The fraction of sp³-hybridized carbons (Fsp3) is 0.700. The Morgan fingerprint density at radius 2 is 2.17 bits per heavy atom. The minimum absolute atomic E-state index is 0.0523. The molecule has 3 rings (SSSR count). The van der Waals surface area contributed by atoms with Crippen LogP contribution < -0.4 is 0 Å². The van der Waals surface area contributed by atoms with Crippen LogP contribution in [0.1, 0.15) is 51.5 Å². The zero-order chi connectivity index (χ0) is 17.0. The van der Waals surface area contributed by atoms with Crippen molar-refractivity contribution in [2.45, 2.75) is 58.4 Å². The fourth-order valence-corrected chi connectivity index (χ4v) is 4.03. The van der Waals surface area contributed by atoms with E-state index >= 15 is 0 Å². The van der Waals surface area contributed by atoms with Gasteiger partial charge >= 0.3 is 5.97 Å². The van der Waals surface area contributed by atoms with Crippen LogP contribution in [0.3, 0.4) is 0 Å². The van der Waals surface area contributed by atoms with Gasteiger partial charge in [-0.25, -0.2) is 0 Å². The van der Waals surface area contributed by atoms with Crippen molar-refractivity contribution in [3.63, 3.8) is 0 Å². The second-order valence-corrected chi connectivity index (χ2v) is 7.60. The van der Waals surface area contributed by atoms with Crippen LogP contribution in [0.2, 0.25) is 0 Å². The molecule has 0 spiro atoms. The number of ether oxygens (including phenoxy) is 1. The Balaban J connectivity index is 1.58. The van der Waals surface area contributed by atoms with Crippen LogP contribution >= 0.6 is 0 Å². The summed E-state index contributed by atoms with van der Waals surface area (Å²) < 4.78 is 5.44. The largest absolute Gasteiger partial charge is 0.466 e. The molecule has 0 unspecified atom stereocenters. The highest BCUT2D eigenvalue weighted by Gasteiger charge is 2.46. The molecule has 0 aromatic carbocycles. The standard InChI is InChI=1S/C20H30N2O2/c1-3-24-19(23)20(14-17-6-7-17)8-11-22(12-9-20)16(2)13-18-5-4-10-21-15-18/h4-5,10,15-17H,3,6-9,11-14H2,1-2H3/t16-/m0/s1. The molecule has 1 aliphatic carbocycles. The number of likely N-dealkylation sites (tertiary alicyclic amines) is 1. The maximum atomic E-state index is 12.6. The first-order valence-corrected chi connectivity index (χ1v) is 9.43. The van der Waals surface area contributed by atoms with Gasteiger partial charge in [-0.2, -0.15) is 0 Å². The first-order chi connectivity index (χ1) is 11.6. The second kappa shape index (κ2) is 7.64. The van der Waals surface area contributed by atoms with Crippen LogP contribution in [-0.2, 0) is 16.0 Å². The molecule has 2 heterocycles. The molecule has 0 bridgehead atoms. The number of hydrogen-bond acceptors (Lipinski definition) is 4. The Morgan fingerprint density at radius 1 is 1.42 bits per heavy atom. The molecule has 2 fully saturated rings. The van der Waals surface area contributed by atoms with Crippen LogP contribution in [-0.4, -0.2) is 41.6 Å². The summed E-state index contributed by atoms with van der Waals surface area (Å²) in [6.07, 6.45) is 10.3. The SMILES string of the molecule is CCOC(=O)C1(CC2CC2)CCN([C@@H](C)Cc2cccnc2)CC1. The molecule has 1 aromatic rings. The van der Waals surface area contributed by atoms with Gasteiger partial charge in [0.05, 0.1) is 12.0 Å². The molecule has 0 radical (unpaired) electrons. The summed E-state index contributed by atoms with van der Waals surface area (Å²) in [7, 11) is 0. The second-order valence-electron chi connectivity index (χ2n) is 7.60. The van der Waals surface area contributed by atoms with Crippen LogP contribution in [0.5, 0.6) is 0 Å². The summed E-state index contributed by atoms with van der Waals surface area (Å²) in [5.74, 6) is 0.810. The molecule has 1 saturated heterocycles. The molecule has 132 valence electrons. The number of esters is 1. The Kier molecular flexibility index (Phi) is 5.54. The predicted molar refractivity (Wildman–Crippen MR) is 94.6 cm³/mol. The van der Waals surface area contributed by atoms with E-state index in [1.165, 1.54) is 18.4 Å². The van der Waals surface area contributed by atoms with Gasteiger partial charge in [0.25, 0.3) is 0 Å². The monoisotopic (exact) mass is 330 g/mol. The molecule has 0 N–H and O–H groups in total. The van der Waals surface area contributed by atoms with Crippen molar-refractivity contribution in [1.82, 2.24) is 9.88 Å². The van der Waals surface area contributed by atoms with Crippen LogP contribution in [0.25, 0.3) is 0 Å². The lowest BCUT2D eigenvalue weighted by Gasteiger charge is -2.42. The Morgan fingerprint density at radius 3 is 2.75 bits per heavy atom. The molecule has 4 nitrogen and oxygen atoms in total. The van der Waals surface area contributed by atoms with Crippen molar-refractivity contribution in [1.29, 1.82) is 0 Å². The molecule has 1 aliphatic heterocycles. The van der Waals surface area contributed by atoms with Crippen molar-refractivity contribution in [2.75, 3.05) is 19.7 Å². The third-order valence-electron chi connectivity index (χ3n) is 5.72. The highest BCUT2D eigenvalue weighted by molar-refractivity contribution is 5.77. The van der Waals surface area contributed by atoms with Crippen LogP contribution in [0.15, 0.2) is 24.5 Å². The lowest BCUT2D eigenvalue weighted by Crippen LogP contribution is -2.48. The zero-order valence-corrected chi connectivity index (χ0v) is 15.0. The predicted octanol–water partition coefficient (Wildman–Crippen LogP) is 3.46. The maximum Gasteiger partial charge on any atom is 0.312 e. The highest BCUT2D eigenvalue weighted by Crippen LogP contribution is 2.46. The lowest BCUT2D eigenvalue weighted by molar-refractivity contribution is -0.160. The summed E-state index contributed by atoms with van der Waals surface area (Å²) in [5.41, 5.74) is 1.06. The third kappa shape index (κ3) is 4.15. The number of rotatable bonds is 7.